The van der Waals surface area contributed by atoms with Crippen LogP contribution in [0.1, 0.15) is 11.1 Å². The van der Waals surface area contributed by atoms with Gasteiger partial charge in [-0.25, -0.2) is 0 Å². The third kappa shape index (κ3) is 3.72. The van der Waals surface area contributed by atoms with E-state index in [1.54, 1.807) is 7.11 Å². The normalized spacial score (nSPS) is 12.2. The number of halogens is 1. The van der Waals surface area contributed by atoms with E-state index in [0.29, 0.717) is 0 Å². The van der Waals surface area contributed by atoms with Crippen molar-refractivity contribution in [2.45, 2.75) is 18.9 Å². The van der Waals surface area contributed by atoms with Crippen molar-refractivity contribution >= 4 is 11.6 Å². The summed E-state index contributed by atoms with van der Waals surface area (Å²) in [6.07, 6.45) is 1.53. The second kappa shape index (κ2) is 6.60. The Balaban J connectivity index is 2.05. The Morgan fingerprint density at radius 2 is 1.58 bits per heavy atom. The SMILES string of the molecule is COc1ccccc1CC(N)Cc1ccccc1Cl. The van der Waals surface area contributed by atoms with Crippen LogP contribution in [0.3, 0.4) is 0 Å². The molecule has 0 heterocycles. The molecule has 1 unspecified atom stereocenters. The Morgan fingerprint density at radius 3 is 2.26 bits per heavy atom. The summed E-state index contributed by atoms with van der Waals surface area (Å²) in [5.41, 5.74) is 8.43. The van der Waals surface area contributed by atoms with E-state index < -0.39 is 0 Å². The van der Waals surface area contributed by atoms with E-state index in [2.05, 4.69) is 0 Å². The van der Waals surface area contributed by atoms with Gasteiger partial charge in [0.1, 0.15) is 5.75 Å². The minimum Gasteiger partial charge on any atom is -0.496 e. The molecule has 2 N–H and O–H groups in total. The first-order chi connectivity index (χ1) is 9.20. The van der Waals surface area contributed by atoms with Crippen LogP contribution in [-0.4, -0.2) is 13.2 Å². The van der Waals surface area contributed by atoms with Crippen molar-refractivity contribution in [3.63, 3.8) is 0 Å². The van der Waals surface area contributed by atoms with E-state index >= 15 is 0 Å². The van der Waals surface area contributed by atoms with Gasteiger partial charge in [0.25, 0.3) is 0 Å². The number of ether oxygens (including phenoxy) is 1. The summed E-state index contributed by atoms with van der Waals surface area (Å²) in [5.74, 6) is 0.886. The van der Waals surface area contributed by atoms with Crippen LogP contribution in [0.15, 0.2) is 48.5 Å². The Morgan fingerprint density at radius 1 is 1.00 bits per heavy atom. The standard InChI is InChI=1S/C16H18ClNO/c1-19-16-9-5-3-7-13(16)11-14(18)10-12-6-2-4-8-15(12)17/h2-9,14H,10-11,18H2,1H3. The third-order valence-electron chi connectivity index (χ3n) is 3.11. The summed E-state index contributed by atoms with van der Waals surface area (Å²) in [5, 5.41) is 0.776. The summed E-state index contributed by atoms with van der Waals surface area (Å²) in [6, 6.07) is 15.8. The van der Waals surface area contributed by atoms with Gasteiger partial charge >= 0.3 is 0 Å². The minimum absolute atomic E-state index is 0.0243. The molecule has 0 fully saturated rings. The lowest BCUT2D eigenvalue weighted by Crippen LogP contribution is -2.25. The number of hydrogen-bond donors (Lipinski definition) is 1. The van der Waals surface area contributed by atoms with Crippen molar-refractivity contribution in [1.82, 2.24) is 0 Å². The highest BCUT2D eigenvalue weighted by molar-refractivity contribution is 6.31. The van der Waals surface area contributed by atoms with E-state index in [1.165, 1.54) is 0 Å². The van der Waals surface area contributed by atoms with Gasteiger partial charge in [-0.2, -0.15) is 0 Å². The van der Waals surface area contributed by atoms with Gasteiger partial charge in [-0.15, -0.1) is 0 Å². The quantitative estimate of drug-likeness (QED) is 0.907. The maximum absolute atomic E-state index is 6.22. The Labute approximate surface area is 119 Å². The molecule has 0 saturated carbocycles. The highest BCUT2D eigenvalue weighted by Crippen LogP contribution is 2.21. The summed E-state index contributed by atoms with van der Waals surface area (Å²) < 4.78 is 5.34. The van der Waals surface area contributed by atoms with Gasteiger partial charge in [0.15, 0.2) is 0 Å². The number of para-hydroxylation sites is 1. The van der Waals surface area contributed by atoms with E-state index in [9.17, 15) is 0 Å². The van der Waals surface area contributed by atoms with Crippen LogP contribution in [0.4, 0.5) is 0 Å². The summed E-state index contributed by atoms with van der Waals surface area (Å²) in [6.45, 7) is 0. The molecule has 0 amide bonds. The van der Waals surface area contributed by atoms with Gasteiger partial charge in [0, 0.05) is 11.1 Å². The number of rotatable bonds is 5. The molecule has 0 aliphatic carbocycles. The molecule has 2 rings (SSSR count). The molecule has 1 atom stereocenters. The molecule has 0 aromatic heterocycles. The first-order valence-corrected chi connectivity index (χ1v) is 6.69. The second-order valence-corrected chi connectivity index (χ2v) is 4.98. The molecule has 0 radical (unpaired) electrons. The lowest BCUT2D eigenvalue weighted by molar-refractivity contribution is 0.408. The van der Waals surface area contributed by atoms with Crippen molar-refractivity contribution in [2.24, 2.45) is 5.73 Å². The maximum atomic E-state index is 6.22. The molecule has 0 aliphatic rings. The van der Waals surface area contributed by atoms with Crippen molar-refractivity contribution < 1.29 is 4.74 Å². The average molecular weight is 276 g/mol. The lowest BCUT2D eigenvalue weighted by atomic mass is 9.99. The van der Waals surface area contributed by atoms with E-state index in [4.69, 9.17) is 22.1 Å². The van der Waals surface area contributed by atoms with E-state index in [-0.39, 0.29) is 6.04 Å². The first-order valence-electron chi connectivity index (χ1n) is 6.31. The minimum atomic E-state index is 0.0243. The average Bonchev–Trinajstić information content (AvgIpc) is 2.42. The molecule has 2 nitrogen and oxygen atoms in total. The molecule has 0 saturated heterocycles. The molecular weight excluding hydrogens is 258 g/mol. The van der Waals surface area contributed by atoms with E-state index in [1.807, 2.05) is 48.5 Å². The molecule has 0 bridgehead atoms. The lowest BCUT2D eigenvalue weighted by Gasteiger charge is -2.15. The summed E-state index contributed by atoms with van der Waals surface area (Å²) in [7, 11) is 1.68. The van der Waals surface area contributed by atoms with Crippen molar-refractivity contribution in [1.29, 1.82) is 0 Å². The zero-order chi connectivity index (χ0) is 13.7. The summed E-state index contributed by atoms with van der Waals surface area (Å²) in [4.78, 5) is 0. The predicted octanol–water partition coefficient (Wildman–Crippen LogP) is 3.46. The number of benzene rings is 2. The van der Waals surface area contributed by atoms with Crippen LogP contribution in [0.5, 0.6) is 5.75 Å². The fraction of sp³-hybridized carbons (Fsp3) is 0.250. The van der Waals surface area contributed by atoms with Crippen LogP contribution in [0, 0.1) is 0 Å². The van der Waals surface area contributed by atoms with Gasteiger partial charge in [0.05, 0.1) is 7.11 Å². The molecule has 2 aromatic carbocycles. The maximum Gasteiger partial charge on any atom is 0.122 e. The number of hydrogen-bond acceptors (Lipinski definition) is 2. The molecule has 19 heavy (non-hydrogen) atoms. The summed E-state index contributed by atoms with van der Waals surface area (Å²) >= 11 is 6.15. The van der Waals surface area contributed by atoms with Crippen molar-refractivity contribution in [3.8, 4) is 5.75 Å². The van der Waals surface area contributed by atoms with Crippen LogP contribution < -0.4 is 10.5 Å². The predicted molar refractivity (Wildman–Crippen MR) is 79.8 cm³/mol. The van der Waals surface area contributed by atoms with E-state index in [0.717, 1.165) is 34.7 Å². The fourth-order valence-electron chi connectivity index (χ4n) is 2.17. The van der Waals surface area contributed by atoms with Crippen LogP contribution in [-0.2, 0) is 12.8 Å². The van der Waals surface area contributed by atoms with Crippen LogP contribution in [0.25, 0.3) is 0 Å². The largest absolute Gasteiger partial charge is 0.496 e. The topological polar surface area (TPSA) is 35.2 Å². The monoisotopic (exact) mass is 275 g/mol. The number of nitrogens with two attached hydrogens (primary N) is 1. The van der Waals surface area contributed by atoms with Crippen molar-refractivity contribution in [3.05, 3.63) is 64.7 Å². The highest BCUT2D eigenvalue weighted by Gasteiger charge is 2.10. The van der Waals surface area contributed by atoms with Gasteiger partial charge < -0.3 is 10.5 Å². The van der Waals surface area contributed by atoms with Gasteiger partial charge in [-0.1, -0.05) is 48.0 Å². The van der Waals surface area contributed by atoms with Gasteiger partial charge in [-0.05, 0) is 36.1 Å². The first kappa shape index (κ1) is 13.9. The molecule has 0 spiro atoms. The van der Waals surface area contributed by atoms with Crippen LogP contribution in [0.2, 0.25) is 5.02 Å². The Kier molecular flexibility index (Phi) is 4.83. The molecule has 3 heteroatoms. The second-order valence-electron chi connectivity index (χ2n) is 4.57. The molecular formula is C16H18ClNO. The highest BCUT2D eigenvalue weighted by atomic mass is 35.5. The smallest absolute Gasteiger partial charge is 0.122 e. The van der Waals surface area contributed by atoms with Gasteiger partial charge in [0.2, 0.25) is 0 Å². The zero-order valence-electron chi connectivity index (χ0n) is 11.0. The van der Waals surface area contributed by atoms with Crippen LogP contribution >= 0.6 is 11.6 Å². The molecule has 100 valence electrons. The molecule has 0 aliphatic heterocycles. The van der Waals surface area contributed by atoms with Gasteiger partial charge in [-0.3, -0.25) is 0 Å². The number of methoxy groups -OCH3 is 1. The Bertz CT molecular complexity index is 542. The zero-order valence-corrected chi connectivity index (χ0v) is 11.7. The third-order valence-corrected chi connectivity index (χ3v) is 3.48. The fourth-order valence-corrected chi connectivity index (χ4v) is 2.39. The Hall–Kier alpha value is -1.51. The molecule has 2 aromatic rings. The van der Waals surface area contributed by atoms with Crippen molar-refractivity contribution in [2.75, 3.05) is 7.11 Å².